The van der Waals surface area contributed by atoms with Gasteiger partial charge in [0.2, 0.25) is 0 Å². The number of benzene rings is 1. The molecule has 0 aliphatic heterocycles. The second-order valence-corrected chi connectivity index (χ2v) is 4.52. The minimum absolute atomic E-state index is 0.0826. The summed E-state index contributed by atoms with van der Waals surface area (Å²) < 4.78 is 45.3. The first-order chi connectivity index (χ1) is 8.96. The highest BCUT2D eigenvalue weighted by molar-refractivity contribution is 5.40. The Hall–Kier alpha value is -1.27. The fraction of sp³-hybridized carbons (Fsp3) is 0.538. The van der Waals surface area contributed by atoms with E-state index < -0.39 is 12.8 Å². The van der Waals surface area contributed by atoms with Crippen molar-refractivity contribution in [3.63, 3.8) is 0 Å². The van der Waals surface area contributed by atoms with Crippen LogP contribution in [0.3, 0.4) is 0 Å². The van der Waals surface area contributed by atoms with Gasteiger partial charge in [0.05, 0.1) is 6.61 Å². The Labute approximate surface area is 109 Å². The third-order valence-electron chi connectivity index (χ3n) is 3.00. The van der Waals surface area contributed by atoms with Crippen LogP contribution in [0.2, 0.25) is 0 Å². The van der Waals surface area contributed by atoms with Crippen LogP contribution in [0.1, 0.15) is 23.6 Å². The summed E-state index contributed by atoms with van der Waals surface area (Å²) in [5.74, 6) is 0.642. The van der Waals surface area contributed by atoms with Crippen LogP contribution < -0.4 is 10.5 Å². The van der Waals surface area contributed by atoms with Gasteiger partial charge >= 0.3 is 6.18 Å². The molecule has 0 bridgehead atoms. The summed E-state index contributed by atoms with van der Waals surface area (Å²) in [6.07, 6.45) is -2.45. The van der Waals surface area contributed by atoms with Gasteiger partial charge in [-0.05, 0) is 36.1 Å². The lowest BCUT2D eigenvalue weighted by Crippen LogP contribution is -2.19. The van der Waals surface area contributed by atoms with Gasteiger partial charge in [0.25, 0.3) is 0 Å². The van der Waals surface area contributed by atoms with Crippen LogP contribution in [-0.4, -0.2) is 26.0 Å². The van der Waals surface area contributed by atoms with E-state index in [1.807, 2.05) is 12.1 Å². The first kappa shape index (κ1) is 14.1. The lowest BCUT2D eigenvalue weighted by atomic mass is 10.1. The lowest BCUT2D eigenvalue weighted by molar-refractivity contribution is -0.175. The topological polar surface area (TPSA) is 44.5 Å². The van der Waals surface area contributed by atoms with E-state index in [0.29, 0.717) is 5.75 Å². The fourth-order valence-corrected chi connectivity index (χ4v) is 2.12. The zero-order valence-electron chi connectivity index (χ0n) is 10.4. The molecule has 1 aliphatic rings. The van der Waals surface area contributed by atoms with Crippen molar-refractivity contribution >= 4 is 0 Å². The number of hydrogen-bond donors (Lipinski definition) is 1. The van der Waals surface area contributed by atoms with E-state index in [2.05, 4.69) is 4.74 Å². The highest BCUT2D eigenvalue weighted by Gasteiger charge is 2.27. The number of alkyl halides is 3. The van der Waals surface area contributed by atoms with Crippen molar-refractivity contribution in [2.45, 2.75) is 25.1 Å². The Bertz CT molecular complexity index is 434. The summed E-state index contributed by atoms with van der Waals surface area (Å²) in [5.41, 5.74) is 8.19. The quantitative estimate of drug-likeness (QED) is 0.840. The van der Waals surface area contributed by atoms with E-state index >= 15 is 0 Å². The molecule has 1 atom stereocenters. The molecule has 19 heavy (non-hydrogen) atoms. The zero-order chi connectivity index (χ0) is 13.9. The average Bonchev–Trinajstić information content (AvgIpc) is 2.69. The molecule has 0 amide bonds. The predicted molar refractivity (Wildman–Crippen MR) is 64.1 cm³/mol. The van der Waals surface area contributed by atoms with Crippen molar-refractivity contribution in [3.05, 3.63) is 29.3 Å². The number of halogens is 3. The van der Waals surface area contributed by atoms with Gasteiger partial charge in [-0.15, -0.1) is 0 Å². The maximum atomic E-state index is 11.8. The minimum Gasteiger partial charge on any atom is -0.491 e. The second kappa shape index (κ2) is 5.79. The number of rotatable bonds is 5. The molecule has 1 aromatic carbocycles. The van der Waals surface area contributed by atoms with Crippen molar-refractivity contribution in [3.8, 4) is 5.75 Å². The molecular weight excluding hydrogens is 259 g/mol. The van der Waals surface area contributed by atoms with Gasteiger partial charge in [0.15, 0.2) is 0 Å². The molecule has 1 aliphatic carbocycles. The number of ether oxygens (including phenoxy) is 2. The van der Waals surface area contributed by atoms with E-state index in [1.165, 1.54) is 0 Å². The summed E-state index contributed by atoms with van der Waals surface area (Å²) in [6, 6.07) is 5.68. The second-order valence-electron chi connectivity index (χ2n) is 4.52. The highest BCUT2D eigenvalue weighted by atomic mass is 19.4. The SMILES string of the molecule is N[C@@H]1CCc2cc(OCCOCC(F)(F)F)ccc21. The maximum absolute atomic E-state index is 11.8. The molecule has 0 heterocycles. The first-order valence-corrected chi connectivity index (χ1v) is 6.11. The highest BCUT2D eigenvalue weighted by Crippen LogP contribution is 2.31. The molecule has 0 spiro atoms. The van der Waals surface area contributed by atoms with E-state index in [9.17, 15) is 13.2 Å². The van der Waals surface area contributed by atoms with Crippen molar-refractivity contribution in [2.75, 3.05) is 19.8 Å². The zero-order valence-corrected chi connectivity index (χ0v) is 10.4. The third-order valence-corrected chi connectivity index (χ3v) is 3.00. The van der Waals surface area contributed by atoms with Crippen LogP contribution >= 0.6 is 0 Å². The molecule has 106 valence electrons. The molecular formula is C13H16F3NO2. The molecule has 0 aromatic heterocycles. The van der Waals surface area contributed by atoms with Crippen LogP contribution in [0.25, 0.3) is 0 Å². The molecule has 0 radical (unpaired) electrons. The molecule has 2 rings (SSSR count). The van der Waals surface area contributed by atoms with Crippen LogP contribution in [0.4, 0.5) is 13.2 Å². The summed E-state index contributed by atoms with van der Waals surface area (Å²) >= 11 is 0. The molecule has 0 unspecified atom stereocenters. The Morgan fingerprint density at radius 2 is 2.05 bits per heavy atom. The number of nitrogens with two attached hydrogens (primary N) is 1. The molecule has 0 saturated carbocycles. The van der Waals surface area contributed by atoms with Gasteiger partial charge in [-0.1, -0.05) is 6.07 Å². The van der Waals surface area contributed by atoms with Gasteiger partial charge in [-0.3, -0.25) is 0 Å². The standard InChI is InChI=1S/C13H16F3NO2/c14-13(15,16)8-18-5-6-19-10-2-3-11-9(7-10)1-4-12(11)17/h2-3,7,12H,1,4-6,8,17H2/t12-/m1/s1. The van der Waals surface area contributed by atoms with Crippen molar-refractivity contribution in [1.29, 1.82) is 0 Å². The largest absolute Gasteiger partial charge is 0.491 e. The monoisotopic (exact) mass is 275 g/mol. The smallest absolute Gasteiger partial charge is 0.411 e. The van der Waals surface area contributed by atoms with Crippen molar-refractivity contribution in [2.24, 2.45) is 5.73 Å². The first-order valence-electron chi connectivity index (χ1n) is 6.11. The third kappa shape index (κ3) is 4.11. The van der Waals surface area contributed by atoms with E-state index in [0.717, 1.165) is 24.0 Å². The van der Waals surface area contributed by atoms with Crippen LogP contribution in [0, 0.1) is 0 Å². The van der Waals surface area contributed by atoms with Crippen molar-refractivity contribution in [1.82, 2.24) is 0 Å². The van der Waals surface area contributed by atoms with E-state index in [1.54, 1.807) is 6.07 Å². The molecule has 0 fully saturated rings. The van der Waals surface area contributed by atoms with Crippen LogP contribution in [0.5, 0.6) is 5.75 Å². The minimum atomic E-state index is -4.29. The van der Waals surface area contributed by atoms with E-state index in [-0.39, 0.29) is 19.3 Å². The predicted octanol–water partition coefficient (Wildman–Crippen LogP) is 2.59. The van der Waals surface area contributed by atoms with Crippen LogP contribution in [0.15, 0.2) is 18.2 Å². The number of aryl methyl sites for hydroxylation is 1. The number of hydrogen-bond acceptors (Lipinski definition) is 3. The van der Waals surface area contributed by atoms with Gasteiger partial charge in [0.1, 0.15) is 19.0 Å². The molecule has 2 N–H and O–H groups in total. The molecule has 0 saturated heterocycles. The lowest BCUT2D eigenvalue weighted by Gasteiger charge is -2.10. The van der Waals surface area contributed by atoms with Crippen molar-refractivity contribution < 1.29 is 22.6 Å². The Balaban J connectivity index is 1.75. The summed E-state index contributed by atoms with van der Waals surface area (Å²) in [6.45, 7) is -1.23. The van der Waals surface area contributed by atoms with E-state index in [4.69, 9.17) is 10.5 Å². The average molecular weight is 275 g/mol. The van der Waals surface area contributed by atoms with Gasteiger partial charge in [-0.25, -0.2) is 0 Å². The molecule has 3 nitrogen and oxygen atoms in total. The normalized spacial score (nSPS) is 18.4. The summed E-state index contributed by atoms with van der Waals surface area (Å²) in [5, 5.41) is 0. The maximum Gasteiger partial charge on any atom is 0.411 e. The van der Waals surface area contributed by atoms with Gasteiger partial charge < -0.3 is 15.2 Å². The van der Waals surface area contributed by atoms with Gasteiger partial charge in [-0.2, -0.15) is 13.2 Å². The molecule has 1 aromatic rings. The Morgan fingerprint density at radius 3 is 2.79 bits per heavy atom. The Morgan fingerprint density at radius 1 is 1.26 bits per heavy atom. The Kier molecular flexibility index (Phi) is 4.31. The fourth-order valence-electron chi connectivity index (χ4n) is 2.12. The number of fused-ring (bicyclic) bond motifs is 1. The van der Waals surface area contributed by atoms with Gasteiger partial charge in [0, 0.05) is 6.04 Å². The summed E-state index contributed by atoms with van der Waals surface area (Å²) in [7, 11) is 0. The molecule has 6 heteroatoms. The summed E-state index contributed by atoms with van der Waals surface area (Å²) in [4.78, 5) is 0. The van der Waals surface area contributed by atoms with Crippen LogP contribution in [-0.2, 0) is 11.2 Å².